The van der Waals surface area contributed by atoms with Crippen molar-refractivity contribution in [3.05, 3.63) is 119 Å². The number of fused-ring (bicyclic) bond motifs is 1. The molecule has 5 rings (SSSR count). The second kappa shape index (κ2) is 9.61. The van der Waals surface area contributed by atoms with Gasteiger partial charge in [-0.2, -0.15) is 0 Å². The average molecular weight is 468 g/mol. The molecule has 1 aliphatic rings. The van der Waals surface area contributed by atoms with Crippen molar-refractivity contribution < 1.29 is 9.53 Å². The molecule has 0 aromatic heterocycles. The number of carbonyl (C=O) groups excluding carboxylic acids is 1. The molecule has 0 saturated carbocycles. The lowest BCUT2D eigenvalue weighted by Crippen LogP contribution is -2.27. The topological polar surface area (TPSA) is 29.5 Å². The van der Waals surface area contributed by atoms with Crippen molar-refractivity contribution in [2.75, 3.05) is 0 Å². The summed E-state index contributed by atoms with van der Waals surface area (Å²) in [5.74, 6) is 0.664. The van der Waals surface area contributed by atoms with Gasteiger partial charge in [-0.15, -0.1) is 0 Å². The van der Waals surface area contributed by atoms with Gasteiger partial charge in [-0.25, -0.2) is 0 Å². The zero-order valence-corrected chi connectivity index (χ0v) is 19.4. The van der Waals surface area contributed by atoms with E-state index in [1.165, 1.54) is 22.5 Å². The summed E-state index contributed by atoms with van der Waals surface area (Å²) in [5.41, 5.74) is 3.00. The van der Waals surface area contributed by atoms with E-state index in [1.807, 2.05) is 72.8 Å². The smallest absolute Gasteiger partial charge is 0.266 e. The van der Waals surface area contributed by atoms with Gasteiger partial charge in [-0.1, -0.05) is 109 Å². The van der Waals surface area contributed by atoms with Crippen molar-refractivity contribution in [3.63, 3.8) is 0 Å². The molecule has 33 heavy (non-hydrogen) atoms. The fourth-order valence-corrected chi connectivity index (χ4v) is 5.01. The number of hydrogen-bond acceptors (Lipinski definition) is 4. The number of hydrogen-bond donors (Lipinski definition) is 0. The molecule has 3 nitrogen and oxygen atoms in total. The predicted octanol–water partition coefficient (Wildman–Crippen LogP) is 6.82. The Labute approximate surface area is 202 Å². The van der Waals surface area contributed by atoms with E-state index in [9.17, 15) is 4.79 Å². The molecule has 0 radical (unpaired) electrons. The minimum atomic E-state index is -0.0711. The summed E-state index contributed by atoms with van der Waals surface area (Å²) < 4.78 is 6.73. The van der Waals surface area contributed by atoms with E-state index in [2.05, 4.69) is 30.3 Å². The van der Waals surface area contributed by atoms with Gasteiger partial charge in [0.1, 0.15) is 16.7 Å². The molecular formula is C28H21NO2S2. The van der Waals surface area contributed by atoms with Crippen molar-refractivity contribution in [1.82, 2.24) is 4.90 Å². The van der Waals surface area contributed by atoms with Crippen LogP contribution >= 0.6 is 24.0 Å². The van der Waals surface area contributed by atoms with Crippen LogP contribution in [0.2, 0.25) is 0 Å². The molecular weight excluding hydrogens is 446 g/mol. The van der Waals surface area contributed by atoms with E-state index in [4.69, 9.17) is 17.0 Å². The summed E-state index contributed by atoms with van der Waals surface area (Å²) in [5, 5.41) is 2.40. The van der Waals surface area contributed by atoms with Crippen molar-refractivity contribution in [2.24, 2.45) is 0 Å². The van der Waals surface area contributed by atoms with E-state index >= 15 is 0 Å². The molecule has 0 spiro atoms. The van der Waals surface area contributed by atoms with Gasteiger partial charge in [-0.3, -0.25) is 9.69 Å². The first kappa shape index (κ1) is 21.4. The van der Waals surface area contributed by atoms with Crippen molar-refractivity contribution in [3.8, 4) is 5.75 Å². The number of rotatable bonds is 6. The second-order valence-corrected chi connectivity index (χ2v) is 9.44. The lowest BCUT2D eigenvalue weighted by atomic mass is 10.1. The van der Waals surface area contributed by atoms with Gasteiger partial charge in [0.2, 0.25) is 0 Å². The highest BCUT2D eigenvalue weighted by Crippen LogP contribution is 2.35. The second-order valence-electron chi connectivity index (χ2n) is 7.76. The molecule has 0 atom stereocenters. The van der Waals surface area contributed by atoms with E-state index in [-0.39, 0.29) is 5.91 Å². The lowest BCUT2D eigenvalue weighted by Gasteiger charge is -2.14. The Balaban J connectivity index is 1.34. The van der Waals surface area contributed by atoms with Gasteiger partial charge in [0, 0.05) is 5.56 Å². The SMILES string of the molecule is O=C1/C(=C\c2ccccc2OCc2ccc3ccccc3c2)SC(=S)N1Cc1ccccc1. The standard InChI is InChI=1S/C28H21NO2S2/c30-27-26(33-28(32)29(27)18-20-8-2-1-3-9-20)17-24-12-6-7-13-25(24)31-19-21-14-15-22-10-4-5-11-23(22)16-21/h1-17H,18-19H2/b26-17+. The summed E-state index contributed by atoms with van der Waals surface area (Å²) in [6.07, 6.45) is 1.88. The minimum absolute atomic E-state index is 0.0711. The number of nitrogens with zero attached hydrogens (tertiary/aromatic N) is 1. The molecule has 0 bridgehead atoms. The molecule has 162 valence electrons. The Kier molecular flexibility index (Phi) is 6.24. The molecule has 5 heteroatoms. The number of carbonyl (C=O) groups is 1. The van der Waals surface area contributed by atoms with Crippen LogP contribution in [0, 0.1) is 0 Å². The maximum absolute atomic E-state index is 13.0. The predicted molar refractivity (Wildman–Crippen MR) is 140 cm³/mol. The summed E-state index contributed by atoms with van der Waals surface area (Å²) >= 11 is 6.83. The van der Waals surface area contributed by atoms with E-state index in [0.717, 1.165) is 22.4 Å². The number of thiocarbonyl (C=S) groups is 1. The fraction of sp³-hybridized carbons (Fsp3) is 0.0714. The maximum atomic E-state index is 13.0. The molecule has 4 aromatic rings. The molecule has 0 N–H and O–H groups in total. The number of benzene rings is 4. The third kappa shape index (κ3) is 4.85. The summed E-state index contributed by atoms with van der Waals surface area (Å²) in [6.45, 7) is 0.924. The first-order chi connectivity index (χ1) is 16.2. The Bertz CT molecular complexity index is 1360. The zero-order chi connectivity index (χ0) is 22.6. The molecule has 4 aromatic carbocycles. The molecule has 0 unspecified atom stereocenters. The van der Waals surface area contributed by atoms with Gasteiger partial charge in [0.15, 0.2) is 0 Å². The number of thioether (sulfide) groups is 1. The van der Waals surface area contributed by atoms with Crippen LogP contribution in [0.5, 0.6) is 5.75 Å². The van der Waals surface area contributed by atoms with Crippen LogP contribution in [0.1, 0.15) is 16.7 Å². The fourth-order valence-electron chi connectivity index (χ4n) is 3.76. The summed E-state index contributed by atoms with van der Waals surface area (Å²) in [7, 11) is 0. The lowest BCUT2D eigenvalue weighted by molar-refractivity contribution is -0.122. The molecule has 1 saturated heterocycles. The van der Waals surface area contributed by atoms with Crippen LogP contribution in [0.25, 0.3) is 16.8 Å². The Hall–Kier alpha value is -3.41. The highest BCUT2D eigenvalue weighted by molar-refractivity contribution is 8.26. The Morgan fingerprint density at radius 3 is 2.39 bits per heavy atom. The summed E-state index contributed by atoms with van der Waals surface area (Å²) in [4.78, 5) is 15.3. The third-order valence-electron chi connectivity index (χ3n) is 5.47. The van der Waals surface area contributed by atoms with Crippen molar-refractivity contribution >= 4 is 51.1 Å². The summed E-state index contributed by atoms with van der Waals surface area (Å²) in [6, 6.07) is 32.3. The molecule has 1 fully saturated rings. The van der Waals surface area contributed by atoms with Gasteiger partial charge in [0.05, 0.1) is 11.4 Å². The van der Waals surface area contributed by atoms with Crippen molar-refractivity contribution in [2.45, 2.75) is 13.2 Å². The van der Waals surface area contributed by atoms with Gasteiger partial charge < -0.3 is 4.74 Å². The average Bonchev–Trinajstić information content (AvgIpc) is 3.11. The van der Waals surface area contributed by atoms with Crippen LogP contribution in [-0.2, 0) is 17.9 Å². The molecule has 1 heterocycles. The minimum Gasteiger partial charge on any atom is -0.488 e. The normalized spacial score (nSPS) is 14.9. The monoisotopic (exact) mass is 467 g/mol. The van der Waals surface area contributed by atoms with Crippen LogP contribution in [-0.4, -0.2) is 15.1 Å². The quantitative estimate of drug-likeness (QED) is 0.230. The molecule has 1 aliphatic heterocycles. The van der Waals surface area contributed by atoms with Gasteiger partial charge >= 0.3 is 0 Å². The molecule has 1 amide bonds. The third-order valence-corrected chi connectivity index (χ3v) is 6.85. The highest BCUT2D eigenvalue weighted by Gasteiger charge is 2.32. The Morgan fingerprint density at radius 2 is 1.55 bits per heavy atom. The largest absolute Gasteiger partial charge is 0.488 e. The Morgan fingerprint density at radius 1 is 0.818 bits per heavy atom. The van der Waals surface area contributed by atoms with Crippen LogP contribution < -0.4 is 4.74 Å². The van der Waals surface area contributed by atoms with E-state index < -0.39 is 0 Å². The molecule has 0 aliphatic carbocycles. The number of ether oxygens (including phenoxy) is 1. The number of para-hydroxylation sites is 1. The first-order valence-electron chi connectivity index (χ1n) is 10.7. The van der Waals surface area contributed by atoms with E-state index in [1.54, 1.807) is 4.90 Å². The zero-order valence-electron chi connectivity index (χ0n) is 17.8. The first-order valence-corrected chi connectivity index (χ1v) is 11.9. The van der Waals surface area contributed by atoms with Crippen molar-refractivity contribution in [1.29, 1.82) is 0 Å². The van der Waals surface area contributed by atoms with E-state index in [0.29, 0.717) is 22.4 Å². The van der Waals surface area contributed by atoms with Crippen LogP contribution in [0.3, 0.4) is 0 Å². The van der Waals surface area contributed by atoms with Crippen LogP contribution in [0.15, 0.2) is 102 Å². The van der Waals surface area contributed by atoms with Crippen LogP contribution in [0.4, 0.5) is 0 Å². The number of amides is 1. The van der Waals surface area contributed by atoms with Gasteiger partial charge in [0.25, 0.3) is 5.91 Å². The van der Waals surface area contributed by atoms with Gasteiger partial charge in [-0.05, 0) is 40.1 Å². The highest BCUT2D eigenvalue weighted by atomic mass is 32.2. The maximum Gasteiger partial charge on any atom is 0.266 e.